The van der Waals surface area contributed by atoms with Gasteiger partial charge >= 0.3 is 11.9 Å². The molecule has 0 aromatic carbocycles. The quantitative estimate of drug-likeness (QED) is 0.749. The lowest BCUT2D eigenvalue weighted by Crippen LogP contribution is -2.50. The van der Waals surface area contributed by atoms with Crippen molar-refractivity contribution in [3.8, 4) is 0 Å². The van der Waals surface area contributed by atoms with Gasteiger partial charge in [0, 0.05) is 5.75 Å². The summed E-state index contributed by atoms with van der Waals surface area (Å²) in [7, 11) is 0. The van der Waals surface area contributed by atoms with Gasteiger partial charge in [0.25, 0.3) is 0 Å². The summed E-state index contributed by atoms with van der Waals surface area (Å²) in [6.07, 6.45) is 0.263. The predicted octanol–water partition coefficient (Wildman–Crippen LogP) is 1.56. The Morgan fingerprint density at radius 3 is 2.47 bits per heavy atom. The Bertz CT molecular complexity index is 335. The lowest BCUT2D eigenvalue weighted by molar-refractivity contribution is -0.147. The zero-order chi connectivity index (χ0) is 14.5. The first kappa shape index (κ1) is 16.3. The molecule has 1 N–H and O–H groups in total. The Hall–Kier alpha value is -0.750. The molecule has 6 heteroatoms. The molecule has 0 radical (unpaired) electrons. The third-order valence-corrected chi connectivity index (χ3v) is 4.89. The number of thioether (sulfide) groups is 1. The normalized spacial score (nSPS) is 26.5. The Morgan fingerprint density at radius 1 is 1.32 bits per heavy atom. The van der Waals surface area contributed by atoms with E-state index >= 15 is 0 Å². The molecule has 0 bridgehead atoms. The topological polar surface area (TPSA) is 64.6 Å². The van der Waals surface area contributed by atoms with Crippen LogP contribution in [0.3, 0.4) is 0 Å². The summed E-state index contributed by atoms with van der Waals surface area (Å²) < 4.78 is 10.0. The van der Waals surface area contributed by atoms with Gasteiger partial charge in [-0.15, -0.1) is 11.8 Å². The van der Waals surface area contributed by atoms with Gasteiger partial charge in [0.1, 0.15) is 6.04 Å². The average molecular weight is 289 g/mol. The predicted molar refractivity (Wildman–Crippen MR) is 74.8 cm³/mol. The van der Waals surface area contributed by atoms with E-state index in [4.69, 9.17) is 9.47 Å². The maximum atomic E-state index is 11.8. The van der Waals surface area contributed by atoms with Crippen molar-refractivity contribution >= 4 is 23.7 Å². The molecule has 0 amide bonds. The van der Waals surface area contributed by atoms with Gasteiger partial charge in [0.2, 0.25) is 0 Å². The highest BCUT2D eigenvalue weighted by Gasteiger charge is 2.46. The highest BCUT2D eigenvalue weighted by molar-refractivity contribution is 8.01. The van der Waals surface area contributed by atoms with Crippen LogP contribution in [0.15, 0.2) is 0 Å². The minimum atomic E-state index is -0.441. The largest absolute Gasteiger partial charge is 0.466 e. The van der Waals surface area contributed by atoms with Crippen molar-refractivity contribution in [3.05, 3.63) is 0 Å². The smallest absolute Gasteiger partial charge is 0.324 e. The first-order valence-electron chi connectivity index (χ1n) is 6.69. The first-order valence-corrected chi connectivity index (χ1v) is 7.67. The standard InChI is InChI=1S/C13H23NO4S/c1-5-17-11(15)7-13(9(3)4)14-10(8-19-13)12(16)18-6-2/h9-10,14H,5-8H2,1-4H3/t10-,13?/m0/s1. The maximum absolute atomic E-state index is 11.8. The monoisotopic (exact) mass is 289 g/mol. The second-order valence-electron chi connectivity index (χ2n) is 4.79. The molecule has 1 rings (SSSR count). The summed E-state index contributed by atoms with van der Waals surface area (Å²) in [6.45, 7) is 8.39. The fraction of sp³-hybridized carbons (Fsp3) is 0.846. The van der Waals surface area contributed by atoms with Crippen LogP contribution in [0.1, 0.15) is 34.1 Å². The maximum Gasteiger partial charge on any atom is 0.324 e. The molecule has 1 saturated heterocycles. The minimum Gasteiger partial charge on any atom is -0.466 e. The molecule has 0 spiro atoms. The van der Waals surface area contributed by atoms with Crippen LogP contribution in [-0.2, 0) is 19.1 Å². The second-order valence-corrected chi connectivity index (χ2v) is 6.14. The van der Waals surface area contributed by atoms with Crippen LogP contribution in [0.2, 0.25) is 0 Å². The van der Waals surface area contributed by atoms with Crippen LogP contribution < -0.4 is 5.32 Å². The van der Waals surface area contributed by atoms with E-state index in [0.717, 1.165) is 0 Å². The number of esters is 2. The number of hydrogen-bond donors (Lipinski definition) is 1. The number of rotatable bonds is 6. The fourth-order valence-electron chi connectivity index (χ4n) is 2.05. The summed E-state index contributed by atoms with van der Waals surface area (Å²) >= 11 is 1.60. The van der Waals surface area contributed by atoms with Crippen molar-refractivity contribution in [2.24, 2.45) is 5.92 Å². The third kappa shape index (κ3) is 4.11. The summed E-state index contributed by atoms with van der Waals surface area (Å²) in [6, 6.07) is -0.346. The molecule has 1 fully saturated rings. The van der Waals surface area contributed by atoms with Crippen molar-refractivity contribution in [1.82, 2.24) is 5.32 Å². The van der Waals surface area contributed by atoms with Gasteiger partial charge in [-0.1, -0.05) is 13.8 Å². The molecule has 2 atom stereocenters. The summed E-state index contributed by atoms with van der Waals surface area (Å²) in [4.78, 5) is 23.0. The first-order chi connectivity index (χ1) is 8.95. The fourth-order valence-corrected chi connectivity index (χ4v) is 3.51. The molecule has 0 aliphatic carbocycles. The van der Waals surface area contributed by atoms with Crippen LogP contribution in [0.4, 0.5) is 0 Å². The lowest BCUT2D eigenvalue weighted by atomic mass is 9.99. The lowest BCUT2D eigenvalue weighted by Gasteiger charge is -2.32. The molecular formula is C13H23NO4S. The van der Waals surface area contributed by atoms with Crippen molar-refractivity contribution < 1.29 is 19.1 Å². The van der Waals surface area contributed by atoms with E-state index in [1.165, 1.54) is 0 Å². The van der Waals surface area contributed by atoms with Crippen molar-refractivity contribution in [1.29, 1.82) is 0 Å². The molecule has 1 heterocycles. The Morgan fingerprint density at radius 2 is 1.95 bits per heavy atom. The number of ether oxygens (including phenoxy) is 2. The Labute approximate surface area is 118 Å². The van der Waals surface area contributed by atoms with Gasteiger partial charge in [-0.25, -0.2) is 0 Å². The summed E-state index contributed by atoms with van der Waals surface area (Å²) in [5.41, 5.74) is 0. The molecule has 0 aromatic heterocycles. The highest BCUT2D eigenvalue weighted by Crippen LogP contribution is 2.40. The van der Waals surface area contributed by atoms with Crippen molar-refractivity contribution in [3.63, 3.8) is 0 Å². The van der Waals surface area contributed by atoms with Crippen molar-refractivity contribution in [2.75, 3.05) is 19.0 Å². The number of nitrogens with one attached hydrogen (secondary N) is 1. The van der Waals surface area contributed by atoms with Gasteiger partial charge in [-0.2, -0.15) is 0 Å². The number of carbonyl (C=O) groups excluding carboxylic acids is 2. The summed E-state index contributed by atoms with van der Waals surface area (Å²) in [5, 5.41) is 3.27. The molecular weight excluding hydrogens is 266 g/mol. The van der Waals surface area contributed by atoms with E-state index in [1.807, 2.05) is 13.8 Å². The Balaban J connectivity index is 2.70. The average Bonchev–Trinajstić information content (AvgIpc) is 2.75. The van der Waals surface area contributed by atoms with Gasteiger partial charge in [-0.3, -0.25) is 14.9 Å². The zero-order valence-electron chi connectivity index (χ0n) is 12.0. The van der Waals surface area contributed by atoms with E-state index < -0.39 is 4.87 Å². The molecule has 5 nitrogen and oxygen atoms in total. The van der Waals surface area contributed by atoms with E-state index in [1.54, 1.807) is 25.6 Å². The van der Waals surface area contributed by atoms with Crippen LogP contribution in [0.5, 0.6) is 0 Å². The highest BCUT2D eigenvalue weighted by atomic mass is 32.2. The Kier molecular flexibility index (Phi) is 6.13. The zero-order valence-corrected chi connectivity index (χ0v) is 12.8. The SMILES string of the molecule is CCOC(=O)CC1(C(C)C)N[C@H](C(=O)OCC)CS1. The van der Waals surface area contributed by atoms with Gasteiger partial charge in [0.15, 0.2) is 0 Å². The minimum absolute atomic E-state index is 0.210. The van der Waals surface area contributed by atoms with Crippen LogP contribution in [0.25, 0.3) is 0 Å². The molecule has 0 aromatic rings. The third-order valence-electron chi connectivity index (χ3n) is 3.14. The van der Waals surface area contributed by atoms with Gasteiger partial charge < -0.3 is 9.47 Å². The molecule has 19 heavy (non-hydrogen) atoms. The molecule has 1 unspecified atom stereocenters. The van der Waals surface area contributed by atoms with Crippen LogP contribution >= 0.6 is 11.8 Å². The molecule has 1 aliphatic rings. The number of hydrogen-bond acceptors (Lipinski definition) is 6. The molecule has 1 aliphatic heterocycles. The number of carbonyl (C=O) groups is 2. The van der Waals surface area contributed by atoms with E-state index in [0.29, 0.717) is 19.0 Å². The second kappa shape index (κ2) is 7.14. The van der Waals surface area contributed by atoms with Crippen LogP contribution in [-0.4, -0.2) is 41.8 Å². The molecule has 0 saturated carbocycles. The molecule has 110 valence electrons. The van der Waals surface area contributed by atoms with Gasteiger partial charge in [0.05, 0.1) is 24.5 Å². The summed E-state index contributed by atoms with van der Waals surface area (Å²) in [5.74, 6) is 0.347. The van der Waals surface area contributed by atoms with Crippen LogP contribution in [0, 0.1) is 5.92 Å². The van der Waals surface area contributed by atoms with E-state index in [9.17, 15) is 9.59 Å². The van der Waals surface area contributed by atoms with Gasteiger partial charge in [-0.05, 0) is 19.8 Å². The van der Waals surface area contributed by atoms with Crippen molar-refractivity contribution in [2.45, 2.75) is 45.0 Å². The van der Waals surface area contributed by atoms with E-state index in [2.05, 4.69) is 5.32 Å². The van der Waals surface area contributed by atoms with E-state index in [-0.39, 0.29) is 30.3 Å².